The lowest BCUT2D eigenvalue weighted by Gasteiger charge is -2.32. The number of carbonyl (C=O) groups is 1. The predicted octanol–water partition coefficient (Wildman–Crippen LogP) is 0.610. The fraction of sp³-hybridized carbons (Fsp3) is 0.538. The lowest BCUT2D eigenvalue weighted by atomic mass is 10.0. The molecule has 0 aliphatic carbocycles. The zero-order valence-corrected chi connectivity index (χ0v) is 11.5. The first kappa shape index (κ1) is 14.6. The molecule has 100 valence electrons. The summed E-state index contributed by atoms with van der Waals surface area (Å²) in [4.78, 5) is 18.1. The predicted molar refractivity (Wildman–Crippen MR) is 72.2 cm³/mol. The van der Waals surface area contributed by atoms with Gasteiger partial charge in [0.1, 0.15) is 0 Å². The number of nitrogens with two attached hydrogens (primary N) is 1. The Kier molecular flexibility index (Phi) is 4.81. The number of hydrogen-bond acceptors (Lipinski definition) is 4. The molecular formula is C13H22N4O. The zero-order chi connectivity index (χ0) is 13.8. The van der Waals surface area contributed by atoms with Gasteiger partial charge in [-0.15, -0.1) is 0 Å². The lowest BCUT2D eigenvalue weighted by molar-refractivity contribution is 0.0919. The van der Waals surface area contributed by atoms with Crippen molar-refractivity contribution in [2.24, 2.45) is 5.73 Å². The third-order valence-corrected chi connectivity index (χ3v) is 3.18. The van der Waals surface area contributed by atoms with Crippen LogP contribution in [0.3, 0.4) is 0 Å². The van der Waals surface area contributed by atoms with Gasteiger partial charge in [-0.2, -0.15) is 0 Å². The van der Waals surface area contributed by atoms with Crippen LogP contribution < -0.4 is 11.1 Å². The maximum Gasteiger partial charge on any atom is 0.251 e. The second kappa shape index (κ2) is 5.93. The summed E-state index contributed by atoms with van der Waals surface area (Å²) in [7, 11) is 3.98. The van der Waals surface area contributed by atoms with Crippen molar-refractivity contribution >= 4 is 5.91 Å². The number of nitrogens with one attached hydrogen (secondary N) is 1. The van der Waals surface area contributed by atoms with E-state index in [0.717, 1.165) is 5.69 Å². The minimum Gasteiger partial charge on any atom is -0.350 e. The summed E-state index contributed by atoms with van der Waals surface area (Å²) >= 11 is 0. The lowest BCUT2D eigenvalue weighted by Crippen LogP contribution is -2.48. The molecular weight excluding hydrogens is 228 g/mol. The average Bonchev–Trinajstić information content (AvgIpc) is 2.36. The molecule has 0 aliphatic heterocycles. The molecule has 0 atom stereocenters. The number of hydrogen-bond donors (Lipinski definition) is 2. The Morgan fingerprint density at radius 1 is 1.50 bits per heavy atom. The van der Waals surface area contributed by atoms with E-state index in [1.165, 1.54) is 0 Å². The number of carbonyl (C=O) groups excluding carboxylic acids is 1. The van der Waals surface area contributed by atoms with E-state index in [1.54, 1.807) is 18.3 Å². The summed E-state index contributed by atoms with van der Waals surface area (Å²) in [6, 6.07) is 3.41. The molecule has 1 rings (SSSR count). The van der Waals surface area contributed by atoms with Crippen LogP contribution in [0.5, 0.6) is 0 Å². The minimum atomic E-state index is -0.0953. The highest BCUT2D eigenvalue weighted by molar-refractivity contribution is 5.94. The second-order valence-corrected chi connectivity index (χ2v) is 5.13. The van der Waals surface area contributed by atoms with Gasteiger partial charge in [0.15, 0.2) is 0 Å². The van der Waals surface area contributed by atoms with Crippen molar-refractivity contribution in [2.75, 3.05) is 20.6 Å². The van der Waals surface area contributed by atoms with Crippen LogP contribution in [0, 0.1) is 0 Å². The van der Waals surface area contributed by atoms with Crippen molar-refractivity contribution in [3.8, 4) is 0 Å². The fourth-order valence-corrected chi connectivity index (χ4v) is 1.29. The zero-order valence-electron chi connectivity index (χ0n) is 11.5. The topological polar surface area (TPSA) is 71.2 Å². The summed E-state index contributed by atoms with van der Waals surface area (Å²) in [5.74, 6) is -0.0953. The number of likely N-dealkylation sites (N-methyl/N-ethyl adjacent to an activating group) is 1. The molecule has 1 amide bonds. The molecule has 0 fully saturated rings. The highest BCUT2D eigenvalue weighted by Gasteiger charge is 2.21. The first-order chi connectivity index (χ1) is 8.36. The first-order valence-corrected chi connectivity index (χ1v) is 5.97. The summed E-state index contributed by atoms with van der Waals surface area (Å²) < 4.78 is 0. The molecule has 0 unspecified atom stereocenters. The van der Waals surface area contributed by atoms with Gasteiger partial charge in [0, 0.05) is 30.4 Å². The van der Waals surface area contributed by atoms with Gasteiger partial charge in [-0.05, 0) is 40.1 Å². The minimum absolute atomic E-state index is 0.0839. The van der Waals surface area contributed by atoms with Gasteiger partial charge >= 0.3 is 0 Å². The van der Waals surface area contributed by atoms with Crippen LogP contribution in [0.2, 0.25) is 0 Å². The van der Waals surface area contributed by atoms with Gasteiger partial charge in [0.2, 0.25) is 0 Å². The molecule has 5 nitrogen and oxygen atoms in total. The van der Waals surface area contributed by atoms with Crippen LogP contribution in [0.15, 0.2) is 18.3 Å². The summed E-state index contributed by atoms with van der Waals surface area (Å²) in [5.41, 5.74) is 6.73. The van der Waals surface area contributed by atoms with E-state index >= 15 is 0 Å². The fourth-order valence-electron chi connectivity index (χ4n) is 1.29. The van der Waals surface area contributed by atoms with Crippen molar-refractivity contribution < 1.29 is 4.79 Å². The molecule has 0 spiro atoms. The quantitative estimate of drug-likeness (QED) is 0.803. The second-order valence-electron chi connectivity index (χ2n) is 5.13. The third kappa shape index (κ3) is 3.78. The SMILES string of the molecule is CN(C)C(C)(C)CNC(=O)c1ccnc(CN)c1. The number of amides is 1. The number of nitrogens with zero attached hydrogens (tertiary/aromatic N) is 2. The smallest absolute Gasteiger partial charge is 0.251 e. The van der Waals surface area contributed by atoms with E-state index < -0.39 is 0 Å². The largest absolute Gasteiger partial charge is 0.350 e. The van der Waals surface area contributed by atoms with Crippen molar-refractivity contribution in [3.63, 3.8) is 0 Å². The van der Waals surface area contributed by atoms with Crippen LogP contribution in [-0.4, -0.2) is 42.0 Å². The molecule has 1 heterocycles. The van der Waals surface area contributed by atoms with Crippen molar-refractivity contribution in [3.05, 3.63) is 29.6 Å². The van der Waals surface area contributed by atoms with Gasteiger partial charge in [-0.1, -0.05) is 0 Å². The van der Waals surface area contributed by atoms with Crippen LogP contribution in [-0.2, 0) is 6.54 Å². The summed E-state index contributed by atoms with van der Waals surface area (Å²) in [6.07, 6.45) is 1.61. The Morgan fingerprint density at radius 2 is 2.17 bits per heavy atom. The van der Waals surface area contributed by atoms with Gasteiger partial charge in [-0.25, -0.2) is 0 Å². The molecule has 5 heteroatoms. The van der Waals surface area contributed by atoms with E-state index in [9.17, 15) is 4.79 Å². The molecule has 18 heavy (non-hydrogen) atoms. The molecule has 0 saturated heterocycles. The van der Waals surface area contributed by atoms with Crippen LogP contribution in [0.1, 0.15) is 29.9 Å². The molecule has 1 aromatic heterocycles. The van der Waals surface area contributed by atoms with Crippen molar-refractivity contribution in [1.82, 2.24) is 15.2 Å². The van der Waals surface area contributed by atoms with Crippen molar-refractivity contribution in [2.45, 2.75) is 25.9 Å². The molecule has 3 N–H and O–H groups in total. The van der Waals surface area contributed by atoms with E-state index in [1.807, 2.05) is 14.1 Å². The standard InChI is InChI=1S/C13H22N4O/c1-13(2,17(3)4)9-16-12(18)10-5-6-15-11(7-10)8-14/h5-7H,8-9,14H2,1-4H3,(H,16,18). The highest BCUT2D eigenvalue weighted by atomic mass is 16.1. The van der Waals surface area contributed by atoms with Gasteiger partial charge < -0.3 is 16.0 Å². The molecule has 0 bridgehead atoms. The van der Waals surface area contributed by atoms with Gasteiger partial charge in [0.05, 0.1) is 5.69 Å². The maximum atomic E-state index is 12.0. The Bertz CT molecular complexity index is 415. The molecule has 0 saturated carbocycles. The van der Waals surface area contributed by atoms with E-state index in [0.29, 0.717) is 18.7 Å². The molecule has 0 aliphatic rings. The molecule has 0 radical (unpaired) electrons. The van der Waals surface area contributed by atoms with Crippen LogP contribution in [0.4, 0.5) is 0 Å². The van der Waals surface area contributed by atoms with E-state index in [4.69, 9.17) is 5.73 Å². The Hall–Kier alpha value is -1.46. The summed E-state index contributed by atoms with van der Waals surface area (Å²) in [5, 5.41) is 2.92. The van der Waals surface area contributed by atoms with Gasteiger partial charge in [-0.3, -0.25) is 9.78 Å². The third-order valence-electron chi connectivity index (χ3n) is 3.18. The van der Waals surface area contributed by atoms with Crippen LogP contribution in [0.25, 0.3) is 0 Å². The highest BCUT2D eigenvalue weighted by Crippen LogP contribution is 2.08. The Morgan fingerprint density at radius 3 is 2.72 bits per heavy atom. The summed E-state index contributed by atoms with van der Waals surface area (Å²) in [6.45, 7) is 5.07. The normalized spacial score (nSPS) is 11.7. The van der Waals surface area contributed by atoms with Crippen LogP contribution >= 0.6 is 0 Å². The van der Waals surface area contributed by atoms with Crippen molar-refractivity contribution in [1.29, 1.82) is 0 Å². The van der Waals surface area contributed by atoms with E-state index in [-0.39, 0.29) is 11.4 Å². The monoisotopic (exact) mass is 250 g/mol. The number of rotatable bonds is 5. The van der Waals surface area contributed by atoms with E-state index in [2.05, 4.69) is 29.0 Å². The molecule has 1 aromatic rings. The number of pyridine rings is 1. The Balaban J connectivity index is 2.66. The first-order valence-electron chi connectivity index (χ1n) is 5.97. The number of aromatic nitrogens is 1. The van der Waals surface area contributed by atoms with Gasteiger partial charge in [0.25, 0.3) is 5.91 Å². The Labute approximate surface area is 108 Å². The maximum absolute atomic E-state index is 12.0. The molecule has 0 aromatic carbocycles. The average molecular weight is 250 g/mol.